The molecule has 1 fully saturated rings. The van der Waals surface area contributed by atoms with Crippen LogP contribution in [-0.4, -0.2) is 25.0 Å². The number of carbonyl (C=O) groups is 1. The Morgan fingerprint density at radius 2 is 1.85 bits per heavy atom. The summed E-state index contributed by atoms with van der Waals surface area (Å²) >= 11 is 0. The van der Waals surface area contributed by atoms with E-state index >= 15 is 0 Å². The molecule has 1 aliphatic rings. The molecule has 0 atom stereocenters. The molecule has 0 radical (unpaired) electrons. The van der Waals surface area contributed by atoms with Gasteiger partial charge in [0, 0.05) is 24.7 Å². The topological polar surface area (TPSA) is 58.4 Å². The van der Waals surface area contributed by atoms with Gasteiger partial charge in [0.05, 0.1) is 11.4 Å². The lowest BCUT2D eigenvalue weighted by molar-refractivity contribution is 0.0943. The third-order valence-electron chi connectivity index (χ3n) is 5.03. The summed E-state index contributed by atoms with van der Waals surface area (Å²) in [4.78, 5) is 14.5. The van der Waals surface area contributed by atoms with Crippen molar-refractivity contribution in [3.63, 3.8) is 0 Å². The van der Waals surface area contributed by atoms with Gasteiger partial charge < -0.3 is 16.0 Å². The molecule has 1 amide bonds. The molecular weight excluding hydrogens is 322 g/mol. The van der Waals surface area contributed by atoms with Crippen molar-refractivity contribution in [2.24, 2.45) is 5.92 Å². The maximum Gasteiger partial charge on any atom is 0.251 e. The number of anilines is 2. The molecule has 26 heavy (non-hydrogen) atoms. The van der Waals surface area contributed by atoms with Crippen LogP contribution in [0.3, 0.4) is 0 Å². The fraction of sp³-hybridized carbons (Fsp3) is 0.409. The Balaban J connectivity index is 1.60. The molecule has 3 rings (SSSR count). The van der Waals surface area contributed by atoms with Gasteiger partial charge in [-0.3, -0.25) is 4.79 Å². The lowest BCUT2D eigenvalue weighted by Crippen LogP contribution is -2.35. The molecule has 0 aliphatic carbocycles. The first-order valence-electron chi connectivity index (χ1n) is 9.52. The molecule has 0 aromatic heterocycles. The summed E-state index contributed by atoms with van der Waals surface area (Å²) in [6.45, 7) is 5.93. The summed E-state index contributed by atoms with van der Waals surface area (Å²) in [6, 6.07) is 16.5. The highest BCUT2D eigenvalue weighted by Gasteiger charge is 2.21. The number of hydrogen-bond donors (Lipinski definition) is 2. The Morgan fingerprint density at radius 1 is 1.15 bits per heavy atom. The molecule has 138 valence electrons. The number of carbonyl (C=O) groups excluding carboxylic acids is 1. The van der Waals surface area contributed by atoms with E-state index in [2.05, 4.69) is 40.5 Å². The Morgan fingerprint density at radius 3 is 2.46 bits per heavy atom. The zero-order valence-corrected chi connectivity index (χ0v) is 15.7. The zero-order chi connectivity index (χ0) is 18.5. The van der Waals surface area contributed by atoms with Crippen LogP contribution in [0.4, 0.5) is 11.4 Å². The van der Waals surface area contributed by atoms with Crippen LogP contribution in [-0.2, 0) is 6.42 Å². The van der Waals surface area contributed by atoms with Crippen LogP contribution in [0.1, 0.15) is 42.6 Å². The number of nitrogen functional groups attached to an aromatic ring is 1. The summed E-state index contributed by atoms with van der Waals surface area (Å²) in [5, 5.41) is 2.91. The van der Waals surface area contributed by atoms with Crippen LogP contribution in [0.5, 0.6) is 0 Å². The molecule has 2 aromatic carbocycles. The predicted molar refractivity (Wildman–Crippen MR) is 109 cm³/mol. The second kappa shape index (κ2) is 8.26. The first-order valence-corrected chi connectivity index (χ1v) is 9.52. The van der Waals surface area contributed by atoms with Crippen LogP contribution in [0.2, 0.25) is 0 Å². The maximum atomic E-state index is 12.1. The van der Waals surface area contributed by atoms with Crippen molar-refractivity contribution in [3.8, 4) is 0 Å². The van der Waals surface area contributed by atoms with E-state index < -0.39 is 0 Å². The van der Waals surface area contributed by atoms with E-state index in [-0.39, 0.29) is 11.9 Å². The normalized spacial score (nSPS) is 15.3. The van der Waals surface area contributed by atoms with Gasteiger partial charge >= 0.3 is 0 Å². The fourth-order valence-electron chi connectivity index (χ4n) is 3.65. The lowest BCUT2D eigenvalue weighted by atomic mass is 9.90. The quantitative estimate of drug-likeness (QED) is 0.804. The first-order chi connectivity index (χ1) is 12.5. The average Bonchev–Trinajstić information content (AvgIpc) is 2.63. The third kappa shape index (κ3) is 4.57. The number of amides is 1. The molecule has 3 N–H and O–H groups in total. The number of nitrogens with two attached hydrogens (primary N) is 1. The third-order valence-corrected chi connectivity index (χ3v) is 5.03. The van der Waals surface area contributed by atoms with Crippen molar-refractivity contribution in [2.45, 2.75) is 39.2 Å². The van der Waals surface area contributed by atoms with Crippen molar-refractivity contribution in [1.29, 1.82) is 0 Å². The monoisotopic (exact) mass is 351 g/mol. The molecule has 1 aliphatic heterocycles. The number of rotatable bonds is 5. The summed E-state index contributed by atoms with van der Waals surface area (Å²) in [5.74, 6) is 0.658. The highest BCUT2D eigenvalue weighted by Crippen LogP contribution is 2.30. The van der Waals surface area contributed by atoms with Crippen LogP contribution in [0.15, 0.2) is 48.5 Å². The molecule has 4 heteroatoms. The molecule has 0 spiro atoms. The van der Waals surface area contributed by atoms with E-state index in [9.17, 15) is 4.79 Å². The van der Waals surface area contributed by atoms with Gasteiger partial charge in [0.15, 0.2) is 0 Å². The number of piperidine rings is 1. The molecule has 1 heterocycles. The van der Waals surface area contributed by atoms with E-state index in [1.54, 1.807) is 6.07 Å². The Kier molecular flexibility index (Phi) is 5.82. The molecule has 0 saturated carbocycles. The number of benzene rings is 2. The Hall–Kier alpha value is -2.49. The van der Waals surface area contributed by atoms with E-state index in [1.165, 1.54) is 18.4 Å². The van der Waals surface area contributed by atoms with Gasteiger partial charge in [-0.05, 0) is 62.8 Å². The van der Waals surface area contributed by atoms with Crippen molar-refractivity contribution in [3.05, 3.63) is 59.7 Å². The highest BCUT2D eigenvalue weighted by atomic mass is 16.1. The van der Waals surface area contributed by atoms with Gasteiger partial charge in [-0.2, -0.15) is 0 Å². The van der Waals surface area contributed by atoms with Gasteiger partial charge in [-0.15, -0.1) is 0 Å². The van der Waals surface area contributed by atoms with Crippen molar-refractivity contribution in [1.82, 2.24) is 5.32 Å². The summed E-state index contributed by atoms with van der Waals surface area (Å²) in [6.07, 6.45) is 3.49. The molecule has 2 aromatic rings. The van der Waals surface area contributed by atoms with E-state index in [0.29, 0.717) is 11.3 Å². The lowest BCUT2D eigenvalue weighted by Gasteiger charge is -2.34. The summed E-state index contributed by atoms with van der Waals surface area (Å²) in [5.41, 5.74) is 10.0. The summed E-state index contributed by atoms with van der Waals surface area (Å²) in [7, 11) is 0. The van der Waals surface area contributed by atoms with Crippen molar-refractivity contribution >= 4 is 17.3 Å². The van der Waals surface area contributed by atoms with Gasteiger partial charge in [0.25, 0.3) is 5.91 Å². The van der Waals surface area contributed by atoms with Gasteiger partial charge in [-0.25, -0.2) is 0 Å². The Bertz CT molecular complexity index is 734. The van der Waals surface area contributed by atoms with Crippen LogP contribution < -0.4 is 16.0 Å². The molecule has 0 unspecified atom stereocenters. The maximum absolute atomic E-state index is 12.1. The number of nitrogens with one attached hydrogen (secondary N) is 1. The molecule has 4 nitrogen and oxygen atoms in total. The van der Waals surface area contributed by atoms with Crippen LogP contribution in [0, 0.1) is 5.92 Å². The highest BCUT2D eigenvalue weighted by molar-refractivity contribution is 5.96. The van der Waals surface area contributed by atoms with Gasteiger partial charge in [-0.1, -0.05) is 30.3 Å². The predicted octanol–water partition coefficient (Wildman–Crippen LogP) is 3.87. The summed E-state index contributed by atoms with van der Waals surface area (Å²) < 4.78 is 0. The van der Waals surface area contributed by atoms with Gasteiger partial charge in [0.2, 0.25) is 0 Å². The minimum absolute atomic E-state index is 0.0696. The fourth-order valence-corrected chi connectivity index (χ4v) is 3.65. The second-order valence-corrected chi connectivity index (χ2v) is 7.52. The average molecular weight is 351 g/mol. The second-order valence-electron chi connectivity index (χ2n) is 7.52. The molecule has 1 saturated heterocycles. The Labute approximate surface area is 156 Å². The molecular formula is C22H29N3O. The number of hydrogen-bond acceptors (Lipinski definition) is 3. The number of nitrogens with zero attached hydrogens (tertiary/aromatic N) is 1. The van der Waals surface area contributed by atoms with Crippen molar-refractivity contribution in [2.75, 3.05) is 23.7 Å². The van der Waals surface area contributed by atoms with E-state index in [1.807, 2.05) is 26.0 Å². The zero-order valence-electron chi connectivity index (χ0n) is 15.7. The van der Waals surface area contributed by atoms with Crippen LogP contribution >= 0.6 is 0 Å². The smallest absolute Gasteiger partial charge is 0.251 e. The SMILES string of the molecule is CC(C)NC(=O)c1ccc(N2CCC(Cc3ccccc3)CC2)c(N)c1. The van der Waals surface area contributed by atoms with Crippen molar-refractivity contribution < 1.29 is 4.79 Å². The largest absolute Gasteiger partial charge is 0.397 e. The van der Waals surface area contributed by atoms with E-state index in [0.717, 1.165) is 31.1 Å². The van der Waals surface area contributed by atoms with Crippen LogP contribution in [0.25, 0.3) is 0 Å². The minimum Gasteiger partial charge on any atom is -0.397 e. The standard InChI is InChI=1S/C22H29N3O/c1-16(2)24-22(26)19-8-9-21(20(23)15-19)25-12-10-18(11-13-25)14-17-6-4-3-5-7-17/h3-9,15-16,18H,10-14,23H2,1-2H3,(H,24,26). The van der Waals surface area contributed by atoms with Gasteiger partial charge in [0.1, 0.15) is 0 Å². The minimum atomic E-state index is -0.0696. The first kappa shape index (κ1) is 18.3. The van der Waals surface area contributed by atoms with E-state index in [4.69, 9.17) is 5.73 Å². The molecule has 0 bridgehead atoms.